The third kappa shape index (κ3) is 4.77. The monoisotopic (exact) mass is 476 g/mol. The Balaban J connectivity index is 1.33. The van der Waals surface area contributed by atoms with E-state index in [-0.39, 0.29) is 15.9 Å². The van der Waals surface area contributed by atoms with Crippen LogP contribution < -0.4 is 0 Å². The molecular formula is C22H25FN4O3S2. The van der Waals surface area contributed by atoms with E-state index in [0.717, 1.165) is 17.0 Å². The number of carbonyl (C=O) groups excluding carboxylic acids is 1. The minimum atomic E-state index is -3.65. The first-order chi connectivity index (χ1) is 15.4. The van der Waals surface area contributed by atoms with Crippen LogP contribution in [0.3, 0.4) is 0 Å². The summed E-state index contributed by atoms with van der Waals surface area (Å²) < 4.78 is 40.5. The lowest BCUT2D eigenvalue weighted by Crippen LogP contribution is -2.46. The summed E-state index contributed by atoms with van der Waals surface area (Å²) in [7, 11) is -1.93. The number of sulfonamides is 1. The molecular weight excluding hydrogens is 451 g/mol. The third-order valence-electron chi connectivity index (χ3n) is 5.63. The number of halogens is 1. The smallest absolute Gasteiger partial charge is 0.253 e. The fraction of sp³-hybridized carbons (Fsp3) is 0.364. The van der Waals surface area contributed by atoms with Gasteiger partial charge in [-0.1, -0.05) is 6.07 Å². The van der Waals surface area contributed by atoms with E-state index in [1.165, 1.54) is 27.8 Å². The van der Waals surface area contributed by atoms with Gasteiger partial charge in [0.1, 0.15) is 16.1 Å². The summed E-state index contributed by atoms with van der Waals surface area (Å²) in [6.07, 6.45) is 2.61. The number of nitrogens with zero attached hydrogens (tertiary/aromatic N) is 3. The quantitative estimate of drug-likeness (QED) is 0.539. The number of likely N-dealkylation sites (N-methyl/N-ethyl adjacent to an activating group) is 1. The van der Waals surface area contributed by atoms with Gasteiger partial charge in [-0.2, -0.15) is 9.40 Å². The van der Waals surface area contributed by atoms with Crippen LogP contribution in [0.25, 0.3) is 11.3 Å². The molecule has 1 N–H and O–H groups in total. The van der Waals surface area contributed by atoms with Gasteiger partial charge in [0.2, 0.25) is 5.91 Å². The highest BCUT2D eigenvalue weighted by Gasteiger charge is 2.40. The van der Waals surface area contributed by atoms with Crippen LogP contribution >= 0.6 is 11.3 Å². The summed E-state index contributed by atoms with van der Waals surface area (Å²) in [4.78, 5) is 14.6. The van der Waals surface area contributed by atoms with E-state index in [1.54, 1.807) is 41.6 Å². The predicted octanol–water partition coefficient (Wildman–Crippen LogP) is 3.52. The lowest BCUT2D eigenvalue weighted by atomic mass is 10.1. The molecule has 0 spiro atoms. The van der Waals surface area contributed by atoms with Crippen LogP contribution in [-0.4, -0.2) is 59.9 Å². The van der Waals surface area contributed by atoms with Crippen molar-refractivity contribution in [1.82, 2.24) is 19.4 Å². The summed E-state index contributed by atoms with van der Waals surface area (Å²) in [6, 6.07) is 10.7. The lowest BCUT2D eigenvalue weighted by molar-refractivity contribution is -0.133. The first-order valence-electron chi connectivity index (χ1n) is 10.5. The molecule has 3 heterocycles. The molecule has 170 valence electrons. The van der Waals surface area contributed by atoms with Crippen molar-refractivity contribution in [3.63, 3.8) is 0 Å². The van der Waals surface area contributed by atoms with Crippen molar-refractivity contribution in [3.8, 4) is 11.3 Å². The molecule has 0 aliphatic carbocycles. The van der Waals surface area contributed by atoms with Gasteiger partial charge >= 0.3 is 0 Å². The lowest BCUT2D eigenvalue weighted by Gasteiger charge is -2.27. The Labute approximate surface area is 190 Å². The van der Waals surface area contributed by atoms with E-state index in [1.807, 2.05) is 6.07 Å². The van der Waals surface area contributed by atoms with E-state index in [0.29, 0.717) is 38.8 Å². The molecule has 0 saturated carbocycles. The van der Waals surface area contributed by atoms with Crippen molar-refractivity contribution in [1.29, 1.82) is 0 Å². The van der Waals surface area contributed by atoms with Crippen molar-refractivity contribution >= 4 is 27.3 Å². The SMILES string of the molecule is CN(CCCc1cc(-c2ccc(F)cc2)n[nH]1)C(=O)C1CCCN1S(=O)(=O)c1cccs1. The van der Waals surface area contributed by atoms with E-state index in [2.05, 4.69) is 10.2 Å². The van der Waals surface area contributed by atoms with Crippen molar-refractivity contribution in [3.05, 3.63) is 59.4 Å². The summed E-state index contributed by atoms with van der Waals surface area (Å²) in [5.41, 5.74) is 2.49. The van der Waals surface area contributed by atoms with Gasteiger partial charge in [0.05, 0.1) is 5.69 Å². The van der Waals surface area contributed by atoms with Crippen LogP contribution in [0, 0.1) is 5.82 Å². The average Bonchev–Trinajstić information content (AvgIpc) is 3.55. The maximum absolute atomic E-state index is 13.1. The van der Waals surface area contributed by atoms with Gasteiger partial charge in [-0.05, 0) is 67.5 Å². The number of rotatable bonds is 8. The number of hydrogen-bond acceptors (Lipinski definition) is 5. The highest BCUT2D eigenvalue weighted by atomic mass is 32.2. The summed E-state index contributed by atoms with van der Waals surface area (Å²) in [6.45, 7) is 0.873. The largest absolute Gasteiger partial charge is 0.344 e. The molecule has 0 radical (unpaired) electrons. The minimum absolute atomic E-state index is 0.167. The molecule has 32 heavy (non-hydrogen) atoms. The molecule has 2 aromatic heterocycles. The van der Waals surface area contributed by atoms with Gasteiger partial charge in [0, 0.05) is 31.4 Å². The van der Waals surface area contributed by atoms with Crippen molar-refractivity contribution in [2.45, 2.75) is 35.9 Å². The number of aromatic amines is 1. The second kappa shape index (κ2) is 9.51. The van der Waals surface area contributed by atoms with Gasteiger partial charge in [-0.15, -0.1) is 11.3 Å². The van der Waals surface area contributed by atoms with E-state index in [9.17, 15) is 17.6 Å². The standard InChI is InChI=1S/C22H25FN4O3S2/c1-26(12-2-5-18-15-19(25-24-18)16-8-10-17(23)11-9-16)22(28)20-6-3-13-27(20)32(29,30)21-7-4-14-31-21/h4,7-11,14-15,20H,2-3,5-6,12-13H2,1H3,(H,24,25). The Morgan fingerprint density at radius 2 is 2.09 bits per heavy atom. The molecule has 1 atom stereocenters. The normalized spacial score (nSPS) is 17.0. The summed E-state index contributed by atoms with van der Waals surface area (Å²) >= 11 is 1.17. The number of nitrogens with one attached hydrogen (secondary N) is 1. The van der Waals surface area contributed by atoms with Crippen molar-refractivity contribution in [2.75, 3.05) is 20.1 Å². The molecule has 1 aliphatic rings. The first-order valence-corrected chi connectivity index (χ1v) is 12.8. The molecule has 4 rings (SSSR count). The zero-order valence-electron chi connectivity index (χ0n) is 17.7. The number of thiophene rings is 1. The van der Waals surface area contributed by atoms with Crippen LogP contribution in [0.2, 0.25) is 0 Å². The van der Waals surface area contributed by atoms with Gasteiger partial charge in [0.25, 0.3) is 10.0 Å². The zero-order chi connectivity index (χ0) is 22.7. The van der Waals surface area contributed by atoms with Gasteiger partial charge < -0.3 is 4.90 Å². The third-order valence-corrected chi connectivity index (χ3v) is 8.91. The summed E-state index contributed by atoms with van der Waals surface area (Å²) in [5.74, 6) is -0.458. The second-order valence-electron chi connectivity index (χ2n) is 7.85. The van der Waals surface area contributed by atoms with Crippen molar-refractivity contribution < 1.29 is 17.6 Å². The van der Waals surface area contributed by atoms with E-state index >= 15 is 0 Å². The minimum Gasteiger partial charge on any atom is -0.344 e. The zero-order valence-corrected chi connectivity index (χ0v) is 19.3. The first kappa shape index (κ1) is 22.6. The fourth-order valence-electron chi connectivity index (χ4n) is 3.93. The molecule has 7 nitrogen and oxygen atoms in total. The number of aromatic nitrogens is 2. The maximum atomic E-state index is 13.1. The Kier molecular flexibility index (Phi) is 6.73. The predicted molar refractivity (Wildman–Crippen MR) is 121 cm³/mol. The van der Waals surface area contributed by atoms with Crippen LogP contribution in [0.15, 0.2) is 52.1 Å². The Bertz CT molecular complexity index is 1160. The molecule has 1 aromatic carbocycles. The maximum Gasteiger partial charge on any atom is 0.253 e. The molecule has 0 bridgehead atoms. The van der Waals surface area contributed by atoms with Gasteiger partial charge in [-0.25, -0.2) is 12.8 Å². The number of aryl methyl sites for hydroxylation is 1. The van der Waals surface area contributed by atoms with Crippen LogP contribution in [-0.2, 0) is 21.2 Å². The van der Waals surface area contributed by atoms with Crippen molar-refractivity contribution in [2.24, 2.45) is 0 Å². The molecule has 1 fully saturated rings. The highest BCUT2D eigenvalue weighted by molar-refractivity contribution is 7.91. The Morgan fingerprint density at radius 3 is 2.81 bits per heavy atom. The number of H-pyrrole nitrogens is 1. The van der Waals surface area contributed by atoms with Crippen LogP contribution in [0.5, 0.6) is 0 Å². The molecule has 1 unspecified atom stereocenters. The number of amides is 1. The van der Waals surface area contributed by atoms with E-state index in [4.69, 9.17) is 0 Å². The average molecular weight is 477 g/mol. The van der Waals surface area contributed by atoms with Gasteiger partial charge in [-0.3, -0.25) is 9.89 Å². The Morgan fingerprint density at radius 1 is 1.31 bits per heavy atom. The van der Waals surface area contributed by atoms with Crippen LogP contribution in [0.1, 0.15) is 25.0 Å². The molecule has 1 saturated heterocycles. The Hall–Kier alpha value is -2.56. The summed E-state index contributed by atoms with van der Waals surface area (Å²) in [5, 5.41) is 8.98. The number of carbonyl (C=O) groups is 1. The molecule has 1 aliphatic heterocycles. The molecule has 1 amide bonds. The molecule has 3 aromatic rings. The van der Waals surface area contributed by atoms with Crippen LogP contribution in [0.4, 0.5) is 4.39 Å². The fourth-order valence-corrected chi connectivity index (χ4v) is 6.70. The molecule has 10 heteroatoms. The van der Waals surface area contributed by atoms with Gasteiger partial charge in [0.15, 0.2) is 0 Å². The number of benzene rings is 1. The van der Waals surface area contributed by atoms with E-state index < -0.39 is 16.1 Å². The topological polar surface area (TPSA) is 86.4 Å². The highest BCUT2D eigenvalue weighted by Crippen LogP contribution is 2.29. The second-order valence-corrected chi connectivity index (χ2v) is 10.9. The number of hydrogen-bond donors (Lipinski definition) is 1.